The van der Waals surface area contributed by atoms with Crippen molar-refractivity contribution in [3.05, 3.63) is 32.3 Å². The van der Waals surface area contributed by atoms with Crippen molar-refractivity contribution >= 4 is 17.8 Å². The molecule has 0 spiro atoms. The van der Waals surface area contributed by atoms with Crippen LogP contribution in [-0.2, 0) is 28.6 Å². The van der Waals surface area contributed by atoms with Crippen LogP contribution in [0.4, 0.5) is 0 Å². The largest absolute Gasteiger partial charge is 0.458 e. The number of ether oxygens (including phenoxy) is 3. The zero-order valence-electron chi connectivity index (χ0n) is 15.1. The Morgan fingerprint density at radius 1 is 1.00 bits per heavy atom. The maximum atomic E-state index is 12.0. The lowest BCUT2D eigenvalue weighted by Crippen LogP contribution is -2.34. The molecule has 0 fully saturated rings. The average Bonchev–Trinajstić information content (AvgIpc) is 2.78. The van der Waals surface area contributed by atoms with Crippen LogP contribution in [0, 0.1) is 0 Å². The quantitative estimate of drug-likeness (QED) is 0.138. The fourth-order valence-electron chi connectivity index (χ4n) is 1.93. The first kappa shape index (κ1) is 21.9. The predicted octanol–water partition coefficient (Wildman–Crippen LogP) is 1.56. The first-order valence-electron chi connectivity index (χ1n) is 7.79. The van der Waals surface area contributed by atoms with Crippen molar-refractivity contribution in [3.63, 3.8) is 0 Å². The van der Waals surface area contributed by atoms with Gasteiger partial charge in [0.25, 0.3) is 11.8 Å². The van der Waals surface area contributed by atoms with E-state index in [4.69, 9.17) is 25.3 Å². The van der Waals surface area contributed by atoms with Gasteiger partial charge in [0.2, 0.25) is 0 Å². The van der Waals surface area contributed by atoms with Crippen molar-refractivity contribution in [2.75, 3.05) is 33.0 Å². The zero-order valence-corrected chi connectivity index (χ0v) is 15.1. The molecule has 27 heavy (non-hydrogen) atoms. The van der Waals surface area contributed by atoms with Gasteiger partial charge in [-0.3, -0.25) is 14.5 Å². The molecule has 1 aliphatic heterocycles. The standard InChI is InChI=1S/C14H19N7O6/c1-14(2,3)27-9(22)8-26-7-6-25-5-4-21-12(23)10(17-19-15)11(13(21)24)18-20-16/h4-8H2,1-3H3. The van der Waals surface area contributed by atoms with Crippen LogP contribution in [0.3, 0.4) is 0 Å². The normalized spacial score (nSPS) is 14.1. The lowest BCUT2D eigenvalue weighted by Gasteiger charge is -2.19. The van der Waals surface area contributed by atoms with E-state index in [1.165, 1.54) is 0 Å². The molecule has 1 aliphatic rings. The second-order valence-corrected chi connectivity index (χ2v) is 6.09. The summed E-state index contributed by atoms with van der Waals surface area (Å²) >= 11 is 0. The van der Waals surface area contributed by atoms with E-state index in [2.05, 4.69) is 20.1 Å². The molecule has 0 N–H and O–H groups in total. The highest BCUT2D eigenvalue weighted by Crippen LogP contribution is 2.23. The van der Waals surface area contributed by atoms with Crippen molar-refractivity contribution in [2.45, 2.75) is 26.4 Å². The SMILES string of the molecule is CC(C)(C)OC(=O)COCCOCCN1C(=O)C(N=[N+]=[N-])=C(N=[N+]=[N-])C1=O. The van der Waals surface area contributed by atoms with Crippen LogP contribution in [0.25, 0.3) is 20.9 Å². The van der Waals surface area contributed by atoms with Gasteiger partial charge >= 0.3 is 5.97 Å². The molecule has 0 aromatic heterocycles. The molecule has 0 radical (unpaired) electrons. The van der Waals surface area contributed by atoms with E-state index in [9.17, 15) is 14.4 Å². The third-order valence-corrected chi connectivity index (χ3v) is 2.88. The number of azide groups is 2. The van der Waals surface area contributed by atoms with Crippen molar-refractivity contribution in [2.24, 2.45) is 10.2 Å². The van der Waals surface area contributed by atoms with E-state index in [1.807, 2.05) is 0 Å². The van der Waals surface area contributed by atoms with Gasteiger partial charge in [-0.15, -0.1) is 0 Å². The molecule has 2 amide bonds. The Balaban J connectivity index is 2.34. The lowest BCUT2D eigenvalue weighted by atomic mass is 10.2. The molecule has 0 bridgehead atoms. The van der Waals surface area contributed by atoms with Crippen LogP contribution in [0.15, 0.2) is 21.6 Å². The van der Waals surface area contributed by atoms with Gasteiger partial charge in [0.1, 0.15) is 23.6 Å². The average molecular weight is 381 g/mol. The summed E-state index contributed by atoms with van der Waals surface area (Å²) in [6.07, 6.45) is 0. The van der Waals surface area contributed by atoms with Gasteiger partial charge in [-0.2, -0.15) is 0 Å². The third kappa shape index (κ3) is 6.96. The summed E-state index contributed by atoms with van der Waals surface area (Å²) < 4.78 is 15.4. The number of hydrogen-bond donors (Lipinski definition) is 0. The predicted molar refractivity (Wildman–Crippen MR) is 89.5 cm³/mol. The summed E-state index contributed by atoms with van der Waals surface area (Å²) in [5.41, 5.74) is 15.2. The van der Waals surface area contributed by atoms with Crippen LogP contribution in [0.5, 0.6) is 0 Å². The van der Waals surface area contributed by atoms with Crippen molar-refractivity contribution < 1.29 is 28.6 Å². The second kappa shape index (κ2) is 10.1. The molecule has 13 nitrogen and oxygen atoms in total. The van der Waals surface area contributed by atoms with Gasteiger partial charge in [-0.25, -0.2) is 4.79 Å². The summed E-state index contributed by atoms with van der Waals surface area (Å²) in [6, 6.07) is 0. The zero-order chi connectivity index (χ0) is 20.4. The number of carbonyl (C=O) groups is 3. The Kier molecular flexibility index (Phi) is 8.24. The van der Waals surface area contributed by atoms with E-state index in [0.29, 0.717) is 0 Å². The number of amides is 2. The third-order valence-electron chi connectivity index (χ3n) is 2.88. The topological polar surface area (TPSA) is 180 Å². The molecule has 0 saturated heterocycles. The molecule has 0 atom stereocenters. The van der Waals surface area contributed by atoms with E-state index in [-0.39, 0.29) is 33.0 Å². The van der Waals surface area contributed by atoms with Crippen molar-refractivity contribution in [1.29, 1.82) is 0 Å². The summed E-state index contributed by atoms with van der Waals surface area (Å²) in [5.74, 6) is -2.24. The van der Waals surface area contributed by atoms with Gasteiger partial charge in [-0.1, -0.05) is 10.2 Å². The van der Waals surface area contributed by atoms with Crippen LogP contribution < -0.4 is 0 Å². The molecule has 13 heteroatoms. The Morgan fingerprint density at radius 3 is 2.00 bits per heavy atom. The maximum absolute atomic E-state index is 12.0. The second-order valence-electron chi connectivity index (χ2n) is 6.09. The van der Waals surface area contributed by atoms with Gasteiger partial charge in [0.15, 0.2) is 0 Å². The monoisotopic (exact) mass is 381 g/mol. The van der Waals surface area contributed by atoms with Crippen LogP contribution in [0.2, 0.25) is 0 Å². The van der Waals surface area contributed by atoms with E-state index < -0.39 is 34.8 Å². The number of rotatable bonds is 10. The molecule has 0 unspecified atom stereocenters. The lowest BCUT2D eigenvalue weighted by molar-refractivity contribution is -0.160. The highest BCUT2D eigenvalue weighted by molar-refractivity contribution is 6.18. The molecule has 146 valence electrons. The maximum Gasteiger partial charge on any atom is 0.332 e. The van der Waals surface area contributed by atoms with Crippen LogP contribution in [0.1, 0.15) is 20.8 Å². The Labute approximate surface area is 154 Å². The summed E-state index contributed by atoms with van der Waals surface area (Å²) in [6.45, 7) is 5.05. The first-order chi connectivity index (χ1) is 12.7. The summed E-state index contributed by atoms with van der Waals surface area (Å²) in [5, 5.41) is 6.19. The van der Waals surface area contributed by atoms with Gasteiger partial charge < -0.3 is 14.2 Å². The Hall–Kier alpha value is -3.11. The molecule has 0 aromatic rings. The fraction of sp³-hybridized carbons (Fsp3) is 0.643. The van der Waals surface area contributed by atoms with E-state index in [0.717, 1.165) is 4.90 Å². The van der Waals surface area contributed by atoms with Crippen molar-refractivity contribution in [1.82, 2.24) is 4.90 Å². The molecular weight excluding hydrogens is 362 g/mol. The number of nitrogens with zero attached hydrogens (tertiary/aromatic N) is 7. The Bertz CT molecular complexity index is 689. The fourth-order valence-corrected chi connectivity index (χ4v) is 1.93. The summed E-state index contributed by atoms with van der Waals surface area (Å²) in [7, 11) is 0. The highest BCUT2D eigenvalue weighted by atomic mass is 16.6. The van der Waals surface area contributed by atoms with E-state index in [1.54, 1.807) is 20.8 Å². The van der Waals surface area contributed by atoms with E-state index >= 15 is 0 Å². The highest BCUT2D eigenvalue weighted by Gasteiger charge is 2.36. The molecule has 0 aliphatic carbocycles. The molecular formula is C14H19N7O6. The Morgan fingerprint density at radius 2 is 1.52 bits per heavy atom. The number of hydrogen-bond acceptors (Lipinski definition) is 8. The van der Waals surface area contributed by atoms with Gasteiger partial charge in [0.05, 0.1) is 26.4 Å². The minimum atomic E-state index is -0.870. The van der Waals surface area contributed by atoms with Crippen LogP contribution >= 0.6 is 0 Å². The first-order valence-corrected chi connectivity index (χ1v) is 7.79. The minimum Gasteiger partial charge on any atom is -0.458 e. The van der Waals surface area contributed by atoms with Crippen molar-refractivity contribution in [3.8, 4) is 0 Å². The minimum absolute atomic E-state index is 0.0274. The molecule has 0 aromatic carbocycles. The molecule has 0 saturated carbocycles. The number of imide groups is 1. The van der Waals surface area contributed by atoms with Gasteiger partial charge in [0, 0.05) is 9.82 Å². The number of esters is 1. The molecule has 1 heterocycles. The number of carbonyl (C=O) groups excluding carboxylic acids is 3. The molecule has 1 rings (SSSR count). The van der Waals surface area contributed by atoms with Gasteiger partial charge in [-0.05, 0) is 31.8 Å². The van der Waals surface area contributed by atoms with Crippen LogP contribution in [-0.4, -0.2) is 61.3 Å². The summed E-state index contributed by atoms with van der Waals surface area (Å²) in [4.78, 5) is 41.1. The smallest absolute Gasteiger partial charge is 0.332 e.